The Morgan fingerprint density at radius 3 is 2.73 bits per heavy atom. The molecule has 22 heavy (non-hydrogen) atoms. The number of rotatable bonds is 5. The minimum absolute atomic E-state index is 0.0750. The number of hydrogen-bond acceptors (Lipinski definition) is 2. The van der Waals surface area contributed by atoms with Crippen molar-refractivity contribution in [2.75, 3.05) is 13.1 Å². The van der Waals surface area contributed by atoms with Crippen molar-refractivity contribution in [2.45, 2.75) is 32.6 Å². The van der Waals surface area contributed by atoms with Gasteiger partial charge in [-0.05, 0) is 38.8 Å². The van der Waals surface area contributed by atoms with Crippen molar-refractivity contribution < 1.29 is 4.79 Å². The van der Waals surface area contributed by atoms with E-state index in [-0.39, 0.29) is 5.91 Å². The zero-order valence-electron chi connectivity index (χ0n) is 13.3. The number of nitrogens with zero attached hydrogens (tertiary/aromatic N) is 2. The topological polar surface area (TPSA) is 33.2 Å². The number of carbonyl (C=O) groups is 1. The number of amides is 1. The van der Waals surface area contributed by atoms with E-state index < -0.39 is 0 Å². The summed E-state index contributed by atoms with van der Waals surface area (Å²) < 4.78 is 0. The molecule has 3 heteroatoms. The summed E-state index contributed by atoms with van der Waals surface area (Å²) in [6, 6.07) is 9.93. The first kappa shape index (κ1) is 14.8. The normalized spacial score (nSPS) is 14.1. The summed E-state index contributed by atoms with van der Waals surface area (Å²) in [5, 5.41) is 0.942. The fraction of sp³-hybridized carbons (Fsp3) is 0.368. The molecule has 3 rings (SSSR count). The highest BCUT2D eigenvalue weighted by Gasteiger charge is 2.27. The lowest BCUT2D eigenvalue weighted by atomic mass is 10.0. The van der Waals surface area contributed by atoms with E-state index in [4.69, 9.17) is 4.98 Å². The van der Waals surface area contributed by atoms with Gasteiger partial charge in [0.2, 0.25) is 0 Å². The van der Waals surface area contributed by atoms with Gasteiger partial charge in [-0.1, -0.05) is 30.4 Å². The average Bonchev–Trinajstić information content (AvgIpc) is 3.35. The van der Waals surface area contributed by atoms with Gasteiger partial charge in [0.1, 0.15) is 0 Å². The van der Waals surface area contributed by atoms with E-state index in [1.54, 1.807) is 0 Å². The van der Waals surface area contributed by atoms with Gasteiger partial charge in [0.25, 0.3) is 5.91 Å². The molecule has 1 aliphatic rings. The lowest BCUT2D eigenvalue weighted by Crippen LogP contribution is -2.32. The summed E-state index contributed by atoms with van der Waals surface area (Å²) in [6.45, 7) is 9.17. The molecule has 0 unspecified atom stereocenters. The highest BCUT2D eigenvalue weighted by Crippen LogP contribution is 2.40. The molecule has 0 radical (unpaired) electrons. The van der Waals surface area contributed by atoms with E-state index in [9.17, 15) is 4.79 Å². The minimum Gasteiger partial charge on any atom is -0.335 e. The Balaban J connectivity index is 2.07. The van der Waals surface area contributed by atoms with E-state index in [1.165, 1.54) is 12.8 Å². The van der Waals surface area contributed by atoms with Crippen LogP contribution in [0.25, 0.3) is 10.9 Å². The number of aromatic nitrogens is 1. The third kappa shape index (κ3) is 2.89. The van der Waals surface area contributed by atoms with E-state index in [0.717, 1.165) is 27.7 Å². The maximum Gasteiger partial charge on any atom is 0.254 e. The zero-order valence-corrected chi connectivity index (χ0v) is 13.3. The van der Waals surface area contributed by atoms with Crippen LogP contribution in [0, 0.1) is 0 Å². The Morgan fingerprint density at radius 1 is 1.36 bits per heavy atom. The van der Waals surface area contributed by atoms with Crippen LogP contribution in [0.5, 0.6) is 0 Å². The van der Waals surface area contributed by atoms with Gasteiger partial charge >= 0.3 is 0 Å². The highest BCUT2D eigenvalue weighted by atomic mass is 16.2. The summed E-state index contributed by atoms with van der Waals surface area (Å²) in [6.07, 6.45) is 2.37. The van der Waals surface area contributed by atoms with Crippen LogP contribution in [0.4, 0.5) is 0 Å². The summed E-state index contributed by atoms with van der Waals surface area (Å²) >= 11 is 0. The van der Waals surface area contributed by atoms with Gasteiger partial charge in [0, 0.05) is 30.1 Å². The second kappa shape index (κ2) is 5.91. The predicted octanol–water partition coefficient (Wildman–Crippen LogP) is 4.15. The van der Waals surface area contributed by atoms with E-state index in [1.807, 2.05) is 49.1 Å². The highest BCUT2D eigenvalue weighted by molar-refractivity contribution is 6.06. The Labute approximate surface area is 131 Å². The van der Waals surface area contributed by atoms with Gasteiger partial charge in [-0.25, -0.2) is 0 Å². The number of hydrogen-bond donors (Lipinski definition) is 0. The average molecular weight is 294 g/mol. The van der Waals surface area contributed by atoms with Gasteiger partial charge in [-0.2, -0.15) is 0 Å². The van der Waals surface area contributed by atoms with Gasteiger partial charge in [0.15, 0.2) is 0 Å². The van der Waals surface area contributed by atoms with Crippen LogP contribution in [-0.4, -0.2) is 28.9 Å². The quantitative estimate of drug-likeness (QED) is 0.776. The molecular formula is C19H22N2O. The molecule has 2 aromatic rings. The predicted molar refractivity (Wildman–Crippen MR) is 90.1 cm³/mol. The zero-order chi connectivity index (χ0) is 15.7. The molecule has 1 saturated carbocycles. The maximum absolute atomic E-state index is 13.0. The third-order valence-electron chi connectivity index (χ3n) is 4.09. The monoisotopic (exact) mass is 294 g/mol. The van der Waals surface area contributed by atoms with E-state index in [0.29, 0.717) is 19.0 Å². The second-order valence-electron chi connectivity index (χ2n) is 6.16. The van der Waals surface area contributed by atoms with Crippen molar-refractivity contribution in [1.29, 1.82) is 0 Å². The standard InChI is InChI=1S/C19H22N2O/c1-4-21(12-13(2)3)19(22)16-11-18(14-9-10-14)20-17-8-6-5-7-15(16)17/h5-8,11,14H,2,4,9-10,12H2,1,3H3. The lowest BCUT2D eigenvalue weighted by molar-refractivity contribution is 0.0780. The number of fused-ring (bicyclic) bond motifs is 1. The molecule has 3 nitrogen and oxygen atoms in total. The molecule has 1 aromatic heterocycles. The van der Waals surface area contributed by atoms with Crippen molar-refractivity contribution >= 4 is 16.8 Å². The van der Waals surface area contributed by atoms with Crippen LogP contribution in [-0.2, 0) is 0 Å². The van der Waals surface area contributed by atoms with Crippen molar-refractivity contribution in [3.05, 3.63) is 53.7 Å². The largest absolute Gasteiger partial charge is 0.335 e. The van der Waals surface area contributed by atoms with Crippen LogP contribution in [0.1, 0.15) is 48.7 Å². The molecule has 0 aliphatic heterocycles. The Morgan fingerprint density at radius 2 is 2.09 bits per heavy atom. The molecule has 0 spiro atoms. The van der Waals surface area contributed by atoms with Crippen LogP contribution in [0.2, 0.25) is 0 Å². The molecule has 1 fully saturated rings. The summed E-state index contributed by atoms with van der Waals surface area (Å²) in [7, 11) is 0. The van der Waals surface area contributed by atoms with E-state index in [2.05, 4.69) is 6.58 Å². The first-order chi connectivity index (χ1) is 10.6. The molecular weight excluding hydrogens is 272 g/mol. The number of pyridine rings is 1. The minimum atomic E-state index is 0.0750. The summed E-state index contributed by atoms with van der Waals surface area (Å²) in [5.41, 5.74) is 3.75. The van der Waals surface area contributed by atoms with Gasteiger partial charge in [-0.3, -0.25) is 9.78 Å². The number of likely N-dealkylation sites (N-methyl/N-ethyl adjacent to an activating group) is 1. The molecule has 0 bridgehead atoms. The van der Waals surface area contributed by atoms with Crippen LogP contribution >= 0.6 is 0 Å². The first-order valence-corrected chi connectivity index (χ1v) is 7.93. The maximum atomic E-state index is 13.0. The fourth-order valence-electron chi connectivity index (χ4n) is 2.78. The fourth-order valence-corrected chi connectivity index (χ4v) is 2.78. The van der Waals surface area contributed by atoms with E-state index >= 15 is 0 Å². The molecule has 1 aliphatic carbocycles. The van der Waals surface area contributed by atoms with Crippen molar-refractivity contribution in [2.24, 2.45) is 0 Å². The molecule has 0 saturated heterocycles. The third-order valence-corrected chi connectivity index (χ3v) is 4.09. The Hall–Kier alpha value is -2.16. The summed E-state index contributed by atoms with van der Waals surface area (Å²) in [4.78, 5) is 19.6. The number of benzene rings is 1. The lowest BCUT2D eigenvalue weighted by Gasteiger charge is -2.22. The Bertz CT molecular complexity index is 731. The molecule has 1 amide bonds. The SMILES string of the molecule is C=C(C)CN(CC)C(=O)c1cc(C2CC2)nc2ccccc12. The van der Waals surface area contributed by atoms with Gasteiger partial charge in [-0.15, -0.1) is 0 Å². The van der Waals surface area contributed by atoms with Crippen LogP contribution < -0.4 is 0 Å². The summed E-state index contributed by atoms with van der Waals surface area (Å²) in [5.74, 6) is 0.610. The smallest absolute Gasteiger partial charge is 0.254 e. The van der Waals surface area contributed by atoms with Gasteiger partial charge in [0.05, 0.1) is 11.1 Å². The number of carbonyl (C=O) groups excluding carboxylic acids is 1. The molecule has 114 valence electrons. The second-order valence-corrected chi connectivity index (χ2v) is 6.16. The molecule has 0 N–H and O–H groups in total. The van der Waals surface area contributed by atoms with Crippen LogP contribution in [0.3, 0.4) is 0 Å². The Kier molecular flexibility index (Phi) is 3.97. The molecule has 1 aromatic carbocycles. The van der Waals surface area contributed by atoms with Crippen LogP contribution in [0.15, 0.2) is 42.5 Å². The van der Waals surface area contributed by atoms with Gasteiger partial charge < -0.3 is 4.90 Å². The molecule has 1 heterocycles. The van der Waals surface area contributed by atoms with Crippen molar-refractivity contribution in [1.82, 2.24) is 9.88 Å². The van der Waals surface area contributed by atoms with Crippen molar-refractivity contribution in [3.8, 4) is 0 Å². The molecule has 0 atom stereocenters. The number of para-hydroxylation sites is 1. The first-order valence-electron chi connectivity index (χ1n) is 7.93. The van der Waals surface area contributed by atoms with Crippen molar-refractivity contribution in [3.63, 3.8) is 0 Å².